The summed E-state index contributed by atoms with van der Waals surface area (Å²) in [5.41, 5.74) is 1.10. The quantitative estimate of drug-likeness (QED) is 0.728. The molecule has 0 aliphatic heterocycles. The van der Waals surface area contributed by atoms with Crippen molar-refractivity contribution in [2.45, 2.75) is 13.8 Å². The number of carbonyl (C=O) groups excluding carboxylic acids is 1. The maximum atomic E-state index is 11.7. The summed E-state index contributed by atoms with van der Waals surface area (Å²) in [6.45, 7) is 3.49. The number of aromatic amines is 1. The van der Waals surface area contributed by atoms with Gasteiger partial charge in [0.05, 0.1) is 7.11 Å². The molecule has 1 rings (SSSR count). The molecule has 0 aliphatic carbocycles. The van der Waals surface area contributed by atoms with Gasteiger partial charge in [0.1, 0.15) is 5.56 Å². The van der Waals surface area contributed by atoms with Crippen LogP contribution in [0.15, 0.2) is 10.9 Å². The fourth-order valence-corrected chi connectivity index (χ4v) is 1.36. The van der Waals surface area contributed by atoms with Gasteiger partial charge < -0.3 is 4.98 Å². The molecule has 1 N–H and O–H groups in total. The van der Waals surface area contributed by atoms with Crippen LogP contribution in [0.25, 0.3) is 0 Å². The van der Waals surface area contributed by atoms with Gasteiger partial charge in [-0.25, -0.2) is 5.06 Å². The molecule has 1 aromatic heterocycles. The molecule has 0 saturated heterocycles. The molecule has 0 fully saturated rings. The van der Waals surface area contributed by atoms with Crippen LogP contribution in [-0.2, 0) is 4.84 Å². The molecule has 1 heterocycles. The number of aryl methyl sites for hydroxylation is 2. The van der Waals surface area contributed by atoms with E-state index in [4.69, 9.17) is 4.84 Å². The van der Waals surface area contributed by atoms with Crippen LogP contribution in [-0.4, -0.2) is 30.1 Å². The monoisotopic (exact) mass is 210 g/mol. The molecule has 15 heavy (non-hydrogen) atoms. The van der Waals surface area contributed by atoms with Gasteiger partial charge in [-0.3, -0.25) is 14.4 Å². The van der Waals surface area contributed by atoms with Crippen molar-refractivity contribution in [3.8, 4) is 0 Å². The SMILES string of the molecule is CON(C)C(=O)c1c(C)cc(C)[nH]c1=O. The van der Waals surface area contributed by atoms with Crippen molar-refractivity contribution in [1.82, 2.24) is 10.0 Å². The van der Waals surface area contributed by atoms with Crippen LogP contribution in [0.3, 0.4) is 0 Å². The van der Waals surface area contributed by atoms with Crippen molar-refractivity contribution in [3.05, 3.63) is 33.2 Å². The zero-order chi connectivity index (χ0) is 11.6. The van der Waals surface area contributed by atoms with E-state index in [2.05, 4.69) is 4.98 Å². The molecule has 0 bridgehead atoms. The number of nitrogens with zero attached hydrogens (tertiary/aromatic N) is 1. The molecule has 0 spiro atoms. The summed E-state index contributed by atoms with van der Waals surface area (Å²) in [6.07, 6.45) is 0. The van der Waals surface area contributed by atoms with Crippen LogP contribution >= 0.6 is 0 Å². The lowest BCUT2D eigenvalue weighted by atomic mass is 10.1. The number of nitrogens with one attached hydrogen (secondary N) is 1. The average Bonchev–Trinajstić information content (AvgIpc) is 2.14. The van der Waals surface area contributed by atoms with Gasteiger partial charge in [0, 0.05) is 12.7 Å². The Morgan fingerprint density at radius 2 is 2.07 bits per heavy atom. The number of aromatic nitrogens is 1. The number of H-pyrrole nitrogens is 1. The second-order valence-corrected chi connectivity index (χ2v) is 3.32. The molecule has 0 aromatic carbocycles. The van der Waals surface area contributed by atoms with Gasteiger partial charge in [-0.2, -0.15) is 0 Å². The lowest BCUT2D eigenvalue weighted by Gasteiger charge is -2.14. The summed E-state index contributed by atoms with van der Waals surface area (Å²) < 4.78 is 0. The van der Waals surface area contributed by atoms with E-state index in [1.807, 2.05) is 0 Å². The van der Waals surface area contributed by atoms with Crippen molar-refractivity contribution < 1.29 is 9.63 Å². The molecule has 0 atom stereocenters. The third-order valence-corrected chi connectivity index (χ3v) is 2.14. The normalized spacial score (nSPS) is 10.1. The van der Waals surface area contributed by atoms with Crippen LogP contribution in [0.4, 0.5) is 0 Å². The van der Waals surface area contributed by atoms with Gasteiger partial charge in [0.15, 0.2) is 0 Å². The van der Waals surface area contributed by atoms with E-state index in [-0.39, 0.29) is 11.1 Å². The fraction of sp³-hybridized carbons (Fsp3) is 0.400. The Hall–Kier alpha value is -1.62. The molecule has 0 unspecified atom stereocenters. The highest BCUT2D eigenvalue weighted by Crippen LogP contribution is 2.06. The van der Waals surface area contributed by atoms with Gasteiger partial charge in [0.25, 0.3) is 11.5 Å². The highest BCUT2D eigenvalue weighted by atomic mass is 16.7. The van der Waals surface area contributed by atoms with Crippen molar-refractivity contribution >= 4 is 5.91 Å². The van der Waals surface area contributed by atoms with Gasteiger partial charge in [0.2, 0.25) is 0 Å². The van der Waals surface area contributed by atoms with Crippen molar-refractivity contribution in [2.24, 2.45) is 0 Å². The van der Waals surface area contributed by atoms with Crippen LogP contribution in [0.5, 0.6) is 0 Å². The predicted octanol–water partition coefficient (Wildman–Crippen LogP) is 0.625. The predicted molar refractivity (Wildman–Crippen MR) is 55.6 cm³/mol. The second-order valence-electron chi connectivity index (χ2n) is 3.32. The molecule has 0 radical (unpaired) electrons. The van der Waals surface area contributed by atoms with E-state index < -0.39 is 5.91 Å². The molecular formula is C10H14N2O3. The Bertz CT molecular complexity index is 437. The summed E-state index contributed by atoms with van der Waals surface area (Å²) in [5, 5.41) is 1.02. The number of hydrogen-bond acceptors (Lipinski definition) is 3. The third-order valence-electron chi connectivity index (χ3n) is 2.14. The van der Waals surface area contributed by atoms with E-state index in [1.165, 1.54) is 14.2 Å². The topological polar surface area (TPSA) is 62.4 Å². The van der Waals surface area contributed by atoms with E-state index in [0.29, 0.717) is 5.56 Å². The number of pyridine rings is 1. The van der Waals surface area contributed by atoms with Crippen LogP contribution in [0.1, 0.15) is 21.6 Å². The molecular weight excluding hydrogens is 196 g/mol. The van der Waals surface area contributed by atoms with Crippen LogP contribution in [0, 0.1) is 13.8 Å². The van der Waals surface area contributed by atoms with Crippen molar-refractivity contribution in [1.29, 1.82) is 0 Å². The largest absolute Gasteiger partial charge is 0.326 e. The van der Waals surface area contributed by atoms with Crippen molar-refractivity contribution in [2.75, 3.05) is 14.2 Å². The Morgan fingerprint density at radius 1 is 1.47 bits per heavy atom. The van der Waals surface area contributed by atoms with Gasteiger partial charge in [-0.1, -0.05) is 0 Å². The maximum Gasteiger partial charge on any atom is 0.283 e. The van der Waals surface area contributed by atoms with E-state index in [9.17, 15) is 9.59 Å². The number of rotatable bonds is 2. The lowest BCUT2D eigenvalue weighted by Crippen LogP contribution is -2.32. The minimum absolute atomic E-state index is 0.116. The summed E-state index contributed by atoms with van der Waals surface area (Å²) in [6, 6.07) is 1.75. The Labute approximate surface area is 87.6 Å². The molecule has 1 amide bonds. The van der Waals surface area contributed by atoms with Crippen LogP contribution < -0.4 is 5.56 Å². The van der Waals surface area contributed by atoms with Crippen molar-refractivity contribution in [3.63, 3.8) is 0 Å². The summed E-state index contributed by atoms with van der Waals surface area (Å²) >= 11 is 0. The minimum Gasteiger partial charge on any atom is -0.326 e. The number of carbonyl (C=O) groups is 1. The highest BCUT2D eigenvalue weighted by molar-refractivity contribution is 5.94. The lowest BCUT2D eigenvalue weighted by molar-refractivity contribution is -0.0758. The Kier molecular flexibility index (Phi) is 3.26. The smallest absolute Gasteiger partial charge is 0.283 e. The molecule has 0 aliphatic rings. The maximum absolute atomic E-state index is 11.7. The molecule has 5 heteroatoms. The zero-order valence-electron chi connectivity index (χ0n) is 9.25. The molecule has 0 saturated carbocycles. The zero-order valence-corrected chi connectivity index (χ0v) is 9.25. The standard InChI is InChI=1S/C10H14N2O3/c1-6-5-7(2)11-9(13)8(6)10(14)12(3)15-4/h5H,1-4H3,(H,11,13). The molecule has 82 valence electrons. The third kappa shape index (κ3) is 2.24. The summed E-state index contributed by atoms with van der Waals surface area (Å²) in [5.74, 6) is -0.448. The summed E-state index contributed by atoms with van der Waals surface area (Å²) in [4.78, 5) is 30.6. The highest BCUT2D eigenvalue weighted by Gasteiger charge is 2.18. The first-order valence-corrected chi connectivity index (χ1v) is 4.50. The number of hydrogen-bond donors (Lipinski definition) is 1. The number of amides is 1. The van der Waals surface area contributed by atoms with Gasteiger partial charge in [-0.05, 0) is 25.5 Å². The molecule has 5 nitrogen and oxygen atoms in total. The Balaban J connectivity index is 3.26. The van der Waals surface area contributed by atoms with Gasteiger partial charge in [-0.15, -0.1) is 0 Å². The Morgan fingerprint density at radius 3 is 2.53 bits per heavy atom. The first-order chi connectivity index (χ1) is 6.97. The number of hydroxylamine groups is 2. The van der Waals surface area contributed by atoms with E-state index in [1.54, 1.807) is 19.9 Å². The summed E-state index contributed by atoms with van der Waals surface area (Å²) in [7, 11) is 2.83. The molecule has 1 aromatic rings. The average molecular weight is 210 g/mol. The van der Waals surface area contributed by atoms with E-state index >= 15 is 0 Å². The van der Waals surface area contributed by atoms with E-state index in [0.717, 1.165) is 10.8 Å². The van der Waals surface area contributed by atoms with Crippen LogP contribution in [0.2, 0.25) is 0 Å². The van der Waals surface area contributed by atoms with Gasteiger partial charge >= 0.3 is 0 Å². The second kappa shape index (κ2) is 4.27. The first-order valence-electron chi connectivity index (χ1n) is 4.50. The fourth-order valence-electron chi connectivity index (χ4n) is 1.36. The minimum atomic E-state index is -0.448. The first kappa shape index (κ1) is 11.5.